The second-order valence-electron chi connectivity index (χ2n) is 37.5. The Kier molecular flexibility index (Phi) is 19.5. The number of rotatable bonds is 15. The molecule has 6 heterocycles. The Hall–Kier alpha value is -15.6. The van der Waals surface area contributed by atoms with Gasteiger partial charge in [-0.2, -0.15) is 0 Å². The Morgan fingerprint density at radius 1 is 0.163 bits per heavy atom. The third kappa shape index (κ3) is 14.4. The molecule has 0 atom stereocenters. The standard InChI is InChI=1S/C123H96N6/c1-121(2,3)88-64-67-124-112(76-88)82-52-61-100(109(73-82)79-46-55-91(56-47-79)127-115-40-22-16-34-103(115)104-35-17-23-41-116(104)127)97-31-13-10-28-94(97)85-70-86(95-29-11-14-32-98(95)101-62-53-83(113-77-89(65-68-125-113)122(4,5)6)74-110(101)80-48-57-92(58-49-80)128-117-42-24-18-36-105(117)106-37-19-25-43-118(106)128)72-87(71-85)96-30-12-15-33-99(96)102-63-54-84(114-78-90(66-69-126-114)123(7,8)9)75-111(102)81-50-59-93(60-51-81)129-119-44-26-20-38-107(119)108-39-21-27-45-120(108)129/h10-78H,1-9H3. The largest absolute Gasteiger partial charge is 0.309 e. The van der Waals surface area contributed by atoms with E-state index in [2.05, 4.69) is 476 Å². The maximum atomic E-state index is 5.12. The van der Waals surface area contributed by atoms with Gasteiger partial charge in [-0.15, -0.1) is 0 Å². The van der Waals surface area contributed by atoms with Crippen molar-refractivity contribution < 1.29 is 0 Å². The average molecular weight is 1660 g/mol. The smallest absolute Gasteiger partial charge is 0.0705 e. The molecular weight excluding hydrogens is 1560 g/mol. The van der Waals surface area contributed by atoms with E-state index in [0.29, 0.717) is 0 Å². The molecule has 0 unspecified atom stereocenters. The van der Waals surface area contributed by atoms with E-state index in [1.165, 1.54) is 82.1 Å². The number of para-hydroxylation sites is 6. The van der Waals surface area contributed by atoms with Crippen LogP contribution in [0.3, 0.4) is 0 Å². The molecule has 0 aliphatic rings. The highest BCUT2D eigenvalue weighted by Gasteiger charge is 2.27. The number of fused-ring (bicyclic) bond motifs is 9. The Morgan fingerprint density at radius 2 is 0.364 bits per heavy atom. The van der Waals surface area contributed by atoms with E-state index in [-0.39, 0.29) is 16.2 Å². The maximum absolute atomic E-state index is 5.12. The molecule has 0 fully saturated rings. The summed E-state index contributed by atoms with van der Waals surface area (Å²) in [4.78, 5) is 15.4. The summed E-state index contributed by atoms with van der Waals surface area (Å²) >= 11 is 0. The van der Waals surface area contributed by atoms with Crippen molar-refractivity contribution in [3.63, 3.8) is 0 Å². The zero-order valence-electron chi connectivity index (χ0n) is 74.0. The fourth-order valence-electron chi connectivity index (χ4n) is 19.7. The lowest BCUT2D eigenvalue weighted by atomic mass is 9.83. The molecule has 22 rings (SSSR count). The molecule has 0 aliphatic heterocycles. The van der Waals surface area contributed by atoms with E-state index in [0.717, 1.165) is 151 Å². The molecule has 129 heavy (non-hydrogen) atoms. The first-order chi connectivity index (χ1) is 62.9. The zero-order chi connectivity index (χ0) is 87.4. The molecule has 22 aromatic rings. The Labute approximate surface area is 754 Å². The predicted molar refractivity (Wildman–Crippen MR) is 544 cm³/mol. The molecule has 0 radical (unpaired) electrons. The SMILES string of the molecule is CC(C)(C)c1ccnc(-c2ccc(-c3ccccc3-c3cc(-c4ccccc4-c4ccc(-c5cc(C(C)(C)C)ccn5)cc4-c4ccc(-n5c6ccccc6c6ccccc65)cc4)cc(-c4ccccc4-c4ccc(-c5cc(C(C)(C)C)ccn5)cc4-c4ccc(-n5c6ccccc6c6ccccc65)cc4)c3)c(-c3ccc(-n4c5ccccc5c5ccccc54)cc3)c2)c1. The van der Waals surface area contributed by atoms with E-state index in [1.807, 2.05) is 18.6 Å². The summed E-state index contributed by atoms with van der Waals surface area (Å²) in [7, 11) is 0. The quantitative estimate of drug-likeness (QED) is 0.103. The first kappa shape index (κ1) is 79.3. The van der Waals surface area contributed by atoms with Crippen LogP contribution in [0.4, 0.5) is 0 Å². The molecule has 0 amide bonds. The van der Waals surface area contributed by atoms with Gasteiger partial charge in [0.15, 0.2) is 0 Å². The zero-order valence-corrected chi connectivity index (χ0v) is 74.0. The maximum Gasteiger partial charge on any atom is 0.0705 e. The van der Waals surface area contributed by atoms with Crippen LogP contribution in [-0.4, -0.2) is 28.7 Å². The number of aromatic nitrogens is 6. The van der Waals surface area contributed by atoms with Gasteiger partial charge in [-0.25, -0.2) is 0 Å². The van der Waals surface area contributed by atoms with Crippen molar-refractivity contribution in [3.8, 4) is 151 Å². The van der Waals surface area contributed by atoms with E-state index < -0.39 is 0 Å². The van der Waals surface area contributed by atoms with Gasteiger partial charge in [0.05, 0.1) is 50.2 Å². The molecule has 0 N–H and O–H groups in total. The summed E-state index contributed by atoms with van der Waals surface area (Å²) in [5.41, 5.74) is 39.4. The van der Waals surface area contributed by atoms with Crippen LogP contribution in [0, 0.1) is 0 Å². The molecule has 0 saturated carbocycles. The van der Waals surface area contributed by atoms with Crippen molar-refractivity contribution in [2.45, 2.75) is 78.6 Å². The van der Waals surface area contributed by atoms with Crippen molar-refractivity contribution in [1.82, 2.24) is 28.7 Å². The van der Waals surface area contributed by atoms with Gasteiger partial charge in [0.2, 0.25) is 0 Å². The first-order valence-electron chi connectivity index (χ1n) is 44.9. The number of nitrogens with zero attached hydrogens (tertiary/aromatic N) is 6. The topological polar surface area (TPSA) is 53.5 Å². The van der Waals surface area contributed by atoms with Gasteiger partial charge in [0.1, 0.15) is 0 Å². The highest BCUT2D eigenvalue weighted by atomic mass is 15.0. The Bertz CT molecular complexity index is 7220. The highest BCUT2D eigenvalue weighted by Crippen LogP contribution is 2.50. The lowest BCUT2D eigenvalue weighted by Gasteiger charge is -2.22. The molecule has 618 valence electrons. The molecule has 0 bridgehead atoms. The molecule has 0 aliphatic carbocycles. The number of hydrogen-bond donors (Lipinski definition) is 0. The van der Waals surface area contributed by atoms with E-state index >= 15 is 0 Å². The van der Waals surface area contributed by atoms with Gasteiger partial charge >= 0.3 is 0 Å². The van der Waals surface area contributed by atoms with E-state index in [9.17, 15) is 0 Å². The summed E-state index contributed by atoms with van der Waals surface area (Å²) in [6.07, 6.45) is 5.91. The molecule has 6 aromatic heterocycles. The molecule has 6 nitrogen and oxygen atoms in total. The molecule has 6 heteroatoms. The molecule has 0 spiro atoms. The summed E-state index contributed by atoms with van der Waals surface area (Å²) in [5, 5.41) is 7.38. The van der Waals surface area contributed by atoms with Crippen molar-refractivity contribution in [2.75, 3.05) is 0 Å². The van der Waals surface area contributed by atoms with Gasteiger partial charge in [-0.3, -0.25) is 15.0 Å². The van der Waals surface area contributed by atoms with Crippen molar-refractivity contribution >= 4 is 65.4 Å². The van der Waals surface area contributed by atoms with Gasteiger partial charge in [0.25, 0.3) is 0 Å². The summed E-state index contributed by atoms with van der Waals surface area (Å²) in [6.45, 7) is 20.5. The third-order valence-electron chi connectivity index (χ3n) is 26.4. The van der Waals surface area contributed by atoms with Crippen LogP contribution in [0.5, 0.6) is 0 Å². The Balaban J connectivity index is 0.756. The second-order valence-corrected chi connectivity index (χ2v) is 37.5. The van der Waals surface area contributed by atoms with E-state index in [4.69, 9.17) is 15.0 Å². The summed E-state index contributed by atoms with van der Waals surface area (Å²) in [5.74, 6) is 0. The summed E-state index contributed by atoms with van der Waals surface area (Å²) in [6, 6.07) is 149. The monoisotopic (exact) mass is 1660 g/mol. The fraction of sp³-hybridized carbons (Fsp3) is 0.0976. The lowest BCUT2D eigenvalue weighted by Crippen LogP contribution is -2.11. The lowest BCUT2D eigenvalue weighted by molar-refractivity contribution is 0.589. The van der Waals surface area contributed by atoms with Crippen LogP contribution in [0.2, 0.25) is 0 Å². The van der Waals surface area contributed by atoms with E-state index in [1.54, 1.807) is 0 Å². The minimum absolute atomic E-state index is 0.0886. The van der Waals surface area contributed by atoms with Gasteiger partial charge in [-0.05, 0) is 279 Å². The predicted octanol–water partition coefficient (Wildman–Crippen LogP) is 33.1. The number of benzene rings is 16. The second kappa shape index (κ2) is 31.8. The van der Waals surface area contributed by atoms with Crippen molar-refractivity contribution in [1.29, 1.82) is 0 Å². The minimum atomic E-state index is -0.0886. The number of hydrogen-bond acceptors (Lipinski definition) is 3. The molecule has 0 saturated heterocycles. The van der Waals surface area contributed by atoms with Crippen LogP contribution in [0.15, 0.2) is 419 Å². The fourth-order valence-corrected chi connectivity index (χ4v) is 19.7. The van der Waals surface area contributed by atoms with Crippen LogP contribution in [0.25, 0.3) is 216 Å². The third-order valence-corrected chi connectivity index (χ3v) is 26.4. The average Bonchev–Trinajstić information content (AvgIpc) is 1.44. The van der Waals surface area contributed by atoms with Gasteiger partial charge < -0.3 is 13.7 Å². The highest BCUT2D eigenvalue weighted by molar-refractivity contribution is 6.12. The first-order valence-corrected chi connectivity index (χ1v) is 44.9. The van der Waals surface area contributed by atoms with Gasteiger partial charge in [0, 0.05) is 84.7 Å². The Morgan fingerprint density at radius 3 is 0.597 bits per heavy atom. The van der Waals surface area contributed by atoms with Crippen LogP contribution in [-0.2, 0) is 16.2 Å². The van der Waals surface area contributed by atoms with Gasteiger partial charge in [-0.1, -0.05) is 317 Å². The van der Waals surface area contributed by atoms with Crippen LogP contribution < -0.4 is 0 Å². The van der Waals surface area contributed by atoms with Crippen molar-refractivity contribution in [2.24, 2.45) is 0 Å². The normalized spacial score (nSPS) is 12.1. The molecule has 16 aromatic carbocycles. The molecular formula is C123H96N6. The minimum Gasteiger partial charge on any atom is -0.309 e. The number of pyridine rings is 3. The van der Waals surface area contributed by atoms with Crippen LogP contribution >= 0.6 is 0 Å². The van der Waals surface area contributed by atoms with Crippen LogP contribution in [0.1, 0.15) is 79.0 Å². The van der Waals surface area contributed by atoms with Crippen molar-refractivity contribution in [3.05, 3.63) is 436 Å². The summed E-state index contributed by atoms with van der Waals surface area (Å²) < 4.78 is 7.21.